The lowest BCUT2D eigenvalue weighted by Gasteiger charge is -2.14. The minimum atomic E-state index is -0.393. The molecule has 0 fully saturated rings. The van der Waals surface area contributed by atoms with Gasteiger partial charge in [0.1, 0.15) is 0 Å². The summed E-state index contributed by atoms with van der Waals surface area (Å²) in [6.07, 6.45) is 10.3. The second-order valence-corrected chi connectivity index (χ2v) is 5.54. The van der Waals surface area contributed by atoms with Crippen LogP contribution in [0.4, 0.5) is 0 Å². The van der Waals surface area contributed by atoms with Crippen molar-refractivity contribution in [2.75, 3.05) is 19.8 Å². The van der Waals surface area contributed by atoms with Crippen molar-refractivity contribution in [2.24, 2.45) is 0 Å². The number of ether oxygens (including phenoxy) is 2. The van der Waals surface area contributed by atoms with Crippen LogP contribution in [0.2, 0.25) is 0 Å². The first-order chi connectivity index (χ1) is 9.16. The number of hydrogen-bond acceptors (Lipinski definition) is 3. The van der Waals surface area contributed by atoms with E-state index in [1.54, 1.807) is 6.92 Å². The smallest absolute Gasteiger partial charge is 0.0781 e. The standard InChI is InChI=1S/C16H34O3/c1-4-5-6-7-8-9-10-11-12-18-14-16(3)19-13-15(2)17/h15-17H,4-14H2,1-3H3. The summed E-state index contributed by atoms with van der Waals surface area (Å²) in [6.45, 7) is 7.82. The molecule has 0 heterocycles. The first-order valence-electron chi connectivity index (χ1n) is 8.04. The lowest BCUT2D eigenvalue weighted by atomic mass is 10.1. The molecule has 0 aliphatic carbocycles. The van der Waals surface area contributed by atoms with Gasteiger partial charge in [-0.25, -0.2) is 0 Å². The average Bonchev–Trinajstić information content (AvgIpc) is 2.38. The zero-order valence-electron chi connectivity index (χ0n) is 13.2. The van der Waals surface area contributed by atoms with Gasteiger partial charge in [-0.05, 0) is 20.3 Å². The van der Waals surface area contributed by atoms with Gasteiger partial charge in [0.15, 0.2) is 0 Å². The fourth-order valence-electron chi connectivity index (χ4n) is 1.94. The molecule has 0 radical (unpaired) electrons. The minimum absolute atomic E-state index is 0.0728. The van der Waals surface area contributed by atoms with Crippen LogP contribution >= 0.6 is 0 Å². The highest BCUT2D eigenvalue weighted by molar-refractivity contribution is 4.51. The van der Waals surface area contributed by atoms with Gasteiger partial charge >= 0.3 is 0 Å². The SMILES string of the molecule is CCCCCCCCCCOCC(C)OCC(C)O. The van der Waals surface area contributed by atoms with Gasteiger partial charge in [-0.2, -0.15) is 0 Å². The van der Waals surface area contributed by atoms with E-state index in [1.807, 2.05) is 6.92 Å². The van der Waals surface area contributed by atoms with Crippen molar-refractivity contribution in [3.8, 4) is 0 Å². The van der Waals surface area contributed by atoms with E-state index in [0.29, 0.717) is 13.2 Å². The highest BCUT2D eigenvalue weighted by atomic mass is 16.5. The number of unbranched alkanes of at least 4 members (excludes halogenated alkanes) is 7. The molecule has 1 N–H and O–H groups in total. The summed E-state index contributed by atoms with van der Waals surface area (Å²) in [7, 11) is 0. The van der Waals surface area contributed by atoms with E-state index in [1.165, 1.54) is 44.9 Å². The molecule has 0 aliphatic rings. The summed E-state index contributed by atoms with van der Waals surface area (Å²) < 4.78 is 11.0. The van der Waals surface area contributed by atoms with Crippen LogP contribution < -0.4 is 0 Å². The molecule has 0 aliphatic heterocycles. The Bertz CT molecular complexity index is 171. The summed E-state index contributed by atoms with van der Waals surface area (Å²) in [4.78, 5) is 0. The van der Waals surface area contributed by atoms with Crippen LogP contribution in [0.25, 0.3) is 0 Å². The zero-order valence-corrected chi connectivity index (χ0v) is 13.2. The first-order valence-corrected chi connectivity index (χ1v) is 8.04. The second kappa shape index (κ2) is 14.3. The predicted octanol–water partition coefficient (Wildman–Crippen LogP) is 3.93. The lowest BCUT2D eigenvalue weighted by molar-refractivity contribution is -0.0369. The Labute approximate surface area is 119 Å². The van der Waals surface area contributed by atoms with E-state index >= 15 is 0 Å². The highest BCUT2D eigenvalue weighted by Gasteiger charge is 2.04. The number of aliphatic hydroxyl groups excluding tert-OH is 1. The number of hydrogen-bond donors (Lipinski definition) is 1. The van der Waals surface area contributed by atoms with Crippen molar-refractivity contribution in [1.29, 1.82) is 0 Å². The fourth-order valence-corrected chi connectivity index (χ4v) is 1.94. The van der Waals surface area contributed by atoms with Crippen molar-refractivity contribution >= 4 is 0 Å². The number of rotatable bonds is 14. The molecule has 0 bridgehead atoms. The average molecular weight is 274 g/mol. The van der Waals surface area contributed by atoms with E-state index in [4.69, 9.17) is 14.6 Å². The van der Waals surface area contributed by atoms with Gasteiger partial charge in [-0.15, -0.1) is 0 Å². The van der Waals surface area contributed by atoms with Crippen molar-refractivity contribution in [3.63, 3.8) is 0 Å². The normalized spacial score (nSPS) is 14.5. The molecule has 0 saturated heterocycles. The molecule has 2 unspecified atom stereocenters. The molecular weight excluding hydrogens is 240 g/mol. The van der Waals surface area contributed by atoms with Crippen LogP contribution in [0.15, 0.2) is 0 Å². The quantitative estimate of drug-likeness (QED) is 0.488. The van der Waals surface area contributed by atoms with Crippen LogP contribution in [0.3, 0.4) is 0 Å². The molecule has 3 heteroatoms. The van der Waals surface area contributed by atoms with Gasteiger partial charge in [-0.3, -0.25) is 0 Å². The summed E-state index contributed by atoms with van der Waals surface area (Å²) in [6, 6.07) is 0. The highest BCUT2D eigenvalue weighted by Crippen LogP contribution is 2.08. The molecule has 0 saturated carbocycles. The molecule has 0 spiro atoms. The Morgan fingerprint density at radius 1 is 0.842 bits per heavy atom. The lowest BCUT2D eigenvalue weighted by Crippen LogP contribution is -2.21. The van der Waals surface area contributed by atoms with Gasteiger partial charge in [0.25, 0.3) is 0 Å². The van der Waals surface area contributed by atoms with Crippen molar-refractivity contribution in [2.45, 2.75) is 84.3 Å². The molecule has 3 nitrogen and oxygen atoms in total. The molecule has 0 aromatic rings. The Hall–Kier alpha value is -0.120. The zero-order chi connectivity index (χ0) is 14.3. The van der Waals surface area contributed by atoms with E-state index in [9.17, 15) is 0 Å². The topological polar surface area (TPSA) is 38.7 Å². The van der Waals surface area contributed by atoms with Crippen LogP contribution in [-0.2, 0) is 9.47 Å². The summed E-state index contributed by atoms with van der Waals surface area (Å²) >= 11 is 0. The van der Waals surface area contributed by atoms with E-state index in [-0.39, 0.29) is 6.10 Å². The minimum Gasteiger partial charge on any atom is -0.391 e. The predicted molar refractivity (Wildman–Crippen MR) is 80.5 cm³/mol. The Morgan fingerprint density at radius 3 is 2.00 bits per heavy atom. The van der Waals surface area contributed by atoms with Crippen LogP contribution in [0, 0.1) is 0 Å². The summed E-state index contributed by atoms with van der Waals surface area (Å²) in [5.41, 5.74) is 0. The molecule has 0 amide bonds. The van der Waals surface area contributed by atoms with E-state index in [0.717, 1.165) is 13.0 Å². The largest absolute Gasteiger partial charge is 0.391 e. The molecule has 0 aromatic heterocycles. The maximum atomic E-state index is 9.08. The van der Waals surface area contributed by atoms with E-state index < -0.39 is 6.10 Å². The summed E-state index contributed by atoms with van der Waals surface area (Å²) in [5, 5.41) is 9.08. The van der Waals surface area contributed by atoms with Crippen molar-refractivity contribution < 1.29 is 14.6 Å². The summed E-state index contributed by atoms with van der Waals surface area (Å²) in [5.74, 6) is 0. The molecule has 2 atom stereocenters. The monoisotopic (exact) mass is 274 g/mol. The first kappa shape index (κ1) is 18.9. The van der Waals surface area contributed by atoms with Gasteiger partial charge in [0, 0.05) is 6.61 Å². The molecular formula is C16H34O3. The van der Waals surface area contributed by atoms with Crippen LogP contribution in [-0.4, -0.2) is 37.1 Å². The Morgan fingerprint density at radius 2 is 1.42 bits per heavy atom. The van der Waals surface area contributed by atoms with Crippen LogP contribution in [0.5, 0.6) is 0 Å². The van der Waals surface area contributed by atoms with Gasteiger partial charge in [0.2, 0.25) is 0 Å². The number of aliphatic hydroxyl groups is 1. The third-order valence-electron chi connectivity index (χ3n) is 3.12. The van der Waals surface area contributed by atoms with Gasteiger partial charge < -0.3 is 14.6 Å². The fraction of sp³-hybridized carbons (Fsp3) is 1.00. The Balaban J connectivity index is 3.09. The Kier molecular flexibility index (Phi) is 14.2. The maximum absolute atomic E-state index is 9.08. The second-order valence-electron chi connectivity index (χ2n) is 5.54. The van der Waals surface area contributed by atoms with Crippen molar-refractivity contribution in [1.82, 2.24) is 0 Å². The maximum Gasteiger partial charge on any atom is 0.0781 e. The van der Waals surface area contributed by atoms with E-state index in [2.05, 4.69) is 6.92 Å². The third kappa shape index (κ3) is 15.8. The van der Waals surface area contributed by atoms with Crippen molar-refractivity contribution in [3.05, 3.63) is 0 Å². The van der Waals surface area contributed by atoms with Gasteiger partial charge in [0.05, 0.1) is 25.4 Å². The van der Waals surface area contributed by atoms with Gasteiger partial charge in [-0.1, -0.05) is 51.9 Å². The molecule has 19 heavy (non-hydrogen) atoms. The third-order valence-corrected chi connectivity index (χ3v) is 3.12. The van der Waals surface area contributed by atoms with Crippen LogP contribution in [0.1, 0.15) is 72.1 Å². The molecule has 0 rings (SSSR count). The molecule has 0 aromatic carbocycles. The molecule has 116 valence electrons.